The molecule has 2 aromatic rings. The third-order valence-electron chi connectivity index (χ3n) is 4.17. The quantitative estimate of drug-likeness (QED) is 0.487. The first-order valence-corrected chi connectivity index (χ1v) is 8.57. The predicted molar refractivity (Wildman–Crippen MR) is 105 cm³/mol. The summed E-state index contributed by atoms with van der Waals surface area (Å²) in [6, 6.07) is 12.9. The summed E-state index contributed by atoms with van der Waals surface area (Å²) >= 11 is 4.37. The Morgan fingerprint density at radius 3 is 2.61 bits per heavy atom. The first kappa shape index (κ1) is 17.6. The Balaban J connectivity index is 2.44. The van der Waals surface area contributed by atoms with E-state index in [1.807, 2.05) is 17.7 Å². The first-order valence-electron chi connectivity index (χ1n) is 8.06. The standard InChI is InChI=1S/C21H25NS/c1-5-8-19(15-23)17-10-7-9-16(13-17)18-11-12-22-20(14-18)21(3,4)6-2/h6-7,9-15,23H,2,5,8H2,1,3-4H3/b19-15+. The monoisotopic (exact) mass is 323 g/mol. The van der Waals surface area contributed by atoms with Gasteiger partial charge in [0.2, 0.25) is 0 Å². The van der Waals surface area contributed by atoms with Gasteiger partial charge in [0.1, 0.15) is 0 Å². The molecule has 0 aliphatic heterocycles. The van der Waals surface area contributed by atoms with E-state index in [0.29, 0.717) is 0 Å². The number of thiol groups is 1. The highest BCUT2D eigenvalue weighted by molar-refractivity contribution is 7.83. The molecular formula is C21H25NS. The van der Waals surface area contributed by atoms with Crippen molar-refractivity contribution in [1.29, 1.82) is 0 Å². The molecule has 0 bridgehead atoms. The zero-order valence-corrected chi connectivity index (χ0v) is 15.1. The van der Waals surface area contributed by atoms with Gasteiger partial charge in [0, 0.05) is 11.6 Å². The molecule has 23 heavy (non-hydrogen) atoms. The van der Waals surface area contributed by atoms with Gasteiger partial charge in [-0.05, 0) is 52.3 Å². The largest absolute Gasteiger partial charge is 0.260 e. The van der Waals surface area contributed by atoms with E-state index in [1.165, 1.54) is 22.3 Å². The summed E-state index contributed by atoms with van der Waals surface area (Å²) in [7, 11) is 0. The van der Waals surface area contributed by atoms with E-state index in [-0.39, 0.29) is 5.41 Å². The Morgan fingerprint density at radius 2 is 1.96 bits per heavy atom. The topological polar surface area (TPSA) is 12.9 Å². The SMILES string of the molecule is C=CC(C)(C)c1cc(-c2cccc(/C(=C/S)CCC)c2)ccn1. The zero-order valence-electron chi connectivity index (χ0n) is 14.2. The molecule has 120 valence electrons. The fourth-order valence-electron chi connectivity index (χ4n) is 2.52. The molecule has 0 aliphatic carbocycles. The second-order valence-corrected chi connectivity index (χ2v) is 6.60. The van der Waals surface area contributed by atoms with E-state index in [9.17, 15) is 0 Å². The molecule has 0 atom stereocenters. The molecule has 1 aromatic carbocycles. The highest BCUT2D eigenvalue weighted by atomic mass is 32.1. The van der Waals surface area contributed by atoms with Gasteiger partial charge in [0.15, 0.2) is 0 Å². The number of nitrogens with zero attached hydrogens (tertiary/aromatic N) is 1. The first-order chi connectivity index (χ1) is 11.0. The molecule has 0 spiro atoms. The Hall–Kier alpha value is -1.80. The molecule has 0 aliphatic rings. The average molecular weight is 324 g/mol. The van der Waals surface area contributed by atoms with Crippen LogP contribution >= 0.6 is 12.6 Å². The van der Waals surface area contributed by atoms with Crippen LogP contribution in [-0.2, 0) is 5.41 Å². The second-order valence-electron chi connectivity index (χ2n) is 6.34. The van der Waals surface area contributed by atoms with Crippen molar-refractivity contribution in [2.45, 2.75) is 39.0 Å². The molecule has 0 N–H and O–H groups in total. The lowest BCUT2D eigenvalue weighted by Gasteiger charge is -2.19. The summed E-state index contributed by atoms with van der Waals surface area (Å²) in [5.74, 6) is 0. The van der Waals surface area contributed by atoms with Crippen LogP contribution in [0, 0.1) is 0 Å². The van der Waals surface area contributed by atoms with Crippen molar-refractivity contribution in [2.75, 3.05) is 0 Å². The molecule has 1 aromatic heterocycles. The third kappa shape index (κ3) is 4.14. The van der Waals surface area contributed by atoms with Crippen LogP contribution < -0.4 is 0 Å². The molecule has 2 rings (SSSR count). The van der Waals surface area contributed by atoms with Gasteiger partial charge in [-0.15, -0.1) is 6.58 Å². The number of hydrogen-bond donors (Lipinski definition) is 1. The van der Waals surface area contributed by atoms with Crippen LogP contribution in [0.1, 0.15) is 44.9 Å². The van der Waals surface area contributed by atoms with Gasteiger partial charge < -0.3 is 0 Å². The predicted octanol–water partition coefficient (Wildman–Crippen LogP) is 6.28. The smallest absolute Gasteiger partial charge is 0.0503 e. The average Bonchev–Trinajstić information content (AvgIpc) is 2.60. The molecule has 0 fully saturated rings. The Kier molecular flexibility index (Phi) is 5.84. The van der Waals surface area contributed by atoms with Crippen molar-refractivity contribution in [3.8, 4) is 11.1 Å². The number of aromatic nitrogens is 1. The van der Waals surface area contributed by atoms with E-state index < -0.39 is 0 Å². The maximum absolute atomic E-state index is 4.52. The van der Waals surface area contributed by atoms with E-state index in [1.54, 1.807) is 0 Å². The summed E-state index contributed by atoms with van der Waals surface area (Å²) < 4.78 is 0. The summed E-state index contributed by atoms with van der Waals surface area (Å²) in [6.45, 7) is 10.4. The van der Waals surface area contributed by atoms with Crippen molar-refractivity contribution in [3.63, 3.8) is 0 Å². The third-order valence-corrected chi connectivity index (χ3v) is 4.48. The van der Waals surface area contributed by atoms with Gasteiger partial charge in [-0.3, -0.25) is 4.98 Å². The minimum absolute atomic E-state index is 0.133. The molecule has 0 saturated carbocycles. The van der Waals surface area contributed by atoms with Crippen molar-refractivity contribution in [2.24, 2.45) is 0 Å². The van der Waals surface area contributed by atoms with Crippen LogP contribution in [0.25, 0.3) is 16.7 Å². The lowest BCUT2D eigenvalue weighted by atomic mass is 9.87. The van der Waals surface area contributed by atoms with Crippen molar-refractivity contribution >= 4 is 18.2 Å². The molecule has 0 radical (unpaired) electrons. The minimum atomic E-state index is -0.133. The van der Waals surface area contributed by atoms with Gasteiger partial charge in [0.25, 0.3) is 0 Å². The highest BCUT2D eigenvalue weighted by Gasteiger charge is 2.18. The summed E-state index contributed by atoms with van der Waals surface area (Å²) in [4.78, 5) is 4.52. The van der Waals surface area contributed by atoms with Crippen LogP contribution in [0.5, 0.6) is 0 Å². The maximum Gasteiger partial charge on any atom is 0.0503 e. The normalized spacial score (nSPS) is 12.3. The molecule has 1 nitrogen and oxygen atoms in total. The Labute approximate surface area is 145 Å². The minimum Gasteiger partial charge on any atom is -0.260 e. The van der Waals surface area contributed by atoms with Crippen molar-refractivity contribution < 1.29 is 0 Å². The maximum atomic E-state index is 4.52. The number of hydrogen-bond acceptors (Lipinski definition) is 2. The number of allylic oxidation sites excluding steroid dienone is 2. The number of benzene rings is 1. The van der Waals surface area contributed by atoms with Crippen LogP contribution in [0.3, 0.4) is 0 Å². The van der Waals surface area contributed by atoms with E-state index >= 15 is 0 Å². The van der Waals surface area contributed by atoms with Crippen LogP contribution in [0.4, 0.5) is 0 Å². The van der Waals surface area contributed by atoms with Gasteiger partial charge in [-0.1, -0.05) is 51.5 Å². The summed E-state index contributed by atoms with van der Waals surface area (Å²) in [6.07, 6.45) is 5.98. The van der Waals surface area contributed by atoms with Crippen molar-refractivity contribution in [1.82, 2.24) is 4.98 Å². The fourth-order valence-corrected chi connectivity index (χ4v) is 2.80. The fraction of sp³-hybridized carbons (Fsp3) is 0.286. The van der Waals surface area contributed by atoms with E-state index in [0.717, 1.165) is 18.5 Å². The lowest BCUT2D eigenvalue weighted by Crippen LogP contribution is -2.14. The Morgan fingerprint density at radius 1 is 1.22 bits per heavy atom. The number of rotatable bonds is 6. The van der Waals surface area contributed by atoms with Gasteiger partial charge >= 0.3 is 0 Å². The molecule has 1 heterocycles. The van der Waals surface area contributed by atoms with Crippen LogP contribution in [0.2, 0.25) is 0 Å². The van der Waals surface area contributed by atoms with Crippen LogP contribution in [0.15, 0.2) is 60.7 Å². The van der Waals surface area contributed by atoms with Gasteiger partial charge in [-0.25, -0.2) is 0 Å². The lowest BCUT2D eigenvalue weighted by molar-refractivity contribution is 0.645. The summed E-state index contributed by atoms with van der Waals surface area (Å²) in [5, 5.41) is 1.92. The highest BCUT2D eigenvalue weighted by Crippen LogP contribution is 2.29. The molecule has 0 unspecified atom stereocenters. The number of pyridine rings is 1. The Bertz CT molecular complexity index is 713. The summed E-state index contributed by atoms with van der Waals surface area (Å²) in [5.41, 5.74) is 5.80. The van der Waals surface area contributed by atoms with Gasteiger partial charge in [0.05, 0.1) is 5.69 Å². The van der Waals surface area contributed by atoms with Gasteiger partial charge in [-0.2, -0.15) is 12.6 Å². The van der Waals surface area contributed by atoms with Crippen LogP contribution in [-0.4, -0.2) is 4.98 Å². The zero-order chi connectivity index (χ0) is 16.9. The second kappa shape index (κ2) is 7.65. The van der Waals surface area contributed by atoms with E-state index in [4.69, 9.17) is 0 Å². The molecule has 0 amide bonds. The molecule has 0 saturated heterocycles. The van der Waals surface area contributed by atoms with Crippen molar-refractivity contribution in [3.05, 3.63) is 71.9 Å². The molecular weight excluding hydrogens is 298 g/mol. The molecule has 2 heteroatoms. The van der Waals surface area contributed by atoms with E-state index in [2.05, 4.69) is 81.4 Å².